The molecule has 0 radical (unpaired) electrons. The molecule has 1 saturated heterocycles. The second-order valence-electron chi connectivity index (χ2n) is 6.44. The fourth-order valence-corrected chi connectivity index (χ4v) is 4.77. The van der Waals surface area contributed by atoms with Crippen molar-refractivity contribution in [1.82, 2.24) is 9.21 Å². The van der Waals surface area contributed by atoms with Gasteiger partial charge in [-0.05, 0) is 38.0 Å². The van der Waals surface area contributed by atoms with Crippen molar-refractivity contribution < 1.29 is 22.7 Å². The number of nitrogens with zero attached hydrogens (tertiary/aromatic N) is 2. The number of ether oxygens (including phenoxy) is 1. The summed E-state index contributed by atoms with van der Waals surface area (Å²) in [4.78, 5) is 26.4. The highest BCUT2D eigenvalue weighted by Gasteiger charge is 2.29. The van der Waals surface area contributed by atoms with E-state index in [2.05, 4.69) is 0 Å². The van der Waals surface area contributed by atoms with Gasteiger partial charge in [0, 0.05) is 31.7 Å². The summed E-state index contributed by atoms with van der Waals surface area (Å²) < 4.78 is 31.8. The summed E-state index contributed by atoms with van der Waals surface area (Å²) >= 11 is 0. The number of hydrogen-bond acceptors (Lipinski definition) is 5. The largest absolute Gasteiger partial charge is 0.466 e. The van der Waals surface area contributed by atoms with Gasteiger partial charge in [0.25, 0.3) is 5.91 Å². The van der Waals surface area contributed by atoms with Crippen LogP contribution in [0, 0.1) is 5.92 Å². The van der Waals surface area contributed by atoms with Gasteiger partial charge in [-0.2, -0.15) is 4.31 Å². The van der Waals surface area contributed by atoms with Crippen molar-refractivity contribution >= 4 is 21.9 Å². The van der Waals surface area contributed by atoms with Crippen molar-refractivity contribution in [2.45, 2.75) is 38.5 Å². The average Bonchev–Trinajstić information content (AvgIpc) is 2.68. The molecule has 1 heterocycles. The third-order valence-electron chi connectivity index (χ3n) is 4.83. The van der Waals surface area contributed by atoms with Crippen LogP contribution in [-0.4, -0.2) is 62.3 Å². The number of carbonyl (C=O) groups is 2. The van der Waals surface area contributed by atoms with Gasteiger partial charge in [0.15, 0.2) is 0 Å². The van der Waals surface area contributed by atoms with Gasteiger partial charge in [-0.3, -0.25) is 9.59 Å². The SMILES string of the molecule is CCOC(=O)C1CCN(C(=O)c2cccc(S(=O)(=O)N(CC)CC)c2)CC1. The number of hydrogen-bond donors (Lipinski definition) is 0. The Morgan fingerprint density at radius 3 is 2.33 bits per heavy atom. The molecule has 0 saturated carbocycles. The number of esters is 1. The first-order valence-electron chi connectivity index (χ1n) is 9.41. The third-order valence-corrected chi connectivity index (χ3v) is 6.87. The van der Waals surface area contributed by atoms with Crippen LogP contribution in [0.5, 0.6) is 0 Å². The second-order valence-corrected chi connectivity index (χ2v) is 8.37. The summed E-state index contributed by atoms with van der Waals surface area (Å²) in [7, 11) is -3.61. The van der Waals surface area contributed by atoms with E-state index in [4.69, 9.17) is 4.74 Å². The number of amides is 1. The zero-order valence-electron chi connectivity index (χ0n) is 16.2. The minimum Gasteiger partial charge on any atom is -0.466 e. The minimum absolute atomic E-state index is 0.124. The summed E-state index contributed by atoms with van der Waals surface area (Å²) in [5.74, 6) is -0.603. The highest BCUT2D eigenvalue weighted by atomic mass is 32.2. The molecule has 1 fully saturated rings. The lowest BCUT2D eigenvalue weighted by atomic mass is 9.96. The van der Waals surface area contributed by atoms with Gasteiger partial charge >= 0.3 is 5.97 Å². The molecule has 0 aromatic heterocycles. The maximum absolute atomic E-state index is 12.8. The number of likely N-dealkylation sites (tertiary alicyclic amines) is 1. The smallest absolute Gasteiger partial charge is 0.309 e. The van der Waals surface area contributed by atoms with Crippen LogP contribution in [0.25, 0.3) is 0 Å². The first kappa shape index (κ1) is 21.4. The fourth-order valence-electron chi connectivity index (χ4n) is 3.26. The van der Waals surface area contributed by atoms with Crippen molar-refractivity contribution in [2.75, 3.05) is 32.8 Å². The van der Waals surface area contributed by atoms with Gasteiger partial charge in [0.05, 0.1) is 17.4 Å². The number of carbonyl (C=O) groups excluding carboxylic acids is 2. The summed E-state index contributed by atoms with van der Waals surface area (Å²) in [5.41, 5.74) is 0.345. The number of piperidine rings is 1. The molecule has 8 heteroatoms. The van der Waals surface area contributed by atoms with Crippen molar-refractivity contribution in [3.05, 3.63) is 29.8 Å². The topological polar surface area (TPSA) is 84.0 Å². The normalized spacial score (nSPS) is 15.8. The van der Waals surface area contributed by atoms with E-state index in [0.29, 0.717) is 51.2 Å². The third kappa shape index (κ3) is 4.87. The molecule has 1 aliphatic rings. The quantitative estimate of drug-likeness (QED) is 0.659. The van der Waals surface area contributed by atoms with Crippen LogP contribution in [0.1, 0.15) is 44.0 Å². The van der Waals surface area contributed by atoms with Crippen LogP contribution in [0.3, 0.4) is 0 Å². The van der Waals surface area contributed by atoms with E-state index >= 15 is 0 Å². The molecule has 27 heavy (non-hydrogen) atoms. The van der Waals surface area contributed by atoms with E-state index in [-0.39, 0.29) is 22.7 Å². The molecular weight excluding hydrogens is 368 g/mol. The van der Waals surface area contributed by atoms with Gasteiger partial charge in [-0.15, -0.1) is 0 Å². The lowest BCUT2D eigenvalue weighted by Gasteiger charge is -2.31. The van der Waals surface area contributed by atoms with Crippen LogP contribution >= 0.6 is 0 Å². The molecule has 1 aromatic rings. The van der Waals surface area contributed by atoms with Crippen LogP contribution < -0.4 is 0 Å². The molecule has 1 aromatic carbocycles. The zero-order valence-corrected chi connectivity index (χ0v) is 17.0. The minimum atomic E-state index is -3.61. The van der Waals surface area contributed by atoms with Crippen LogP contribution in [0.4, 0.5) is 0 Å². The zero-order chi connectivity index (χ0) is 20.0. The van der Waals surface area contributed by atoms with E-state index in [1.165, 1.54) is 16.4 Å². The molecule has 2 rings (SSSR count). The van der Waals surface area contributed by atoms with Crippen LogP contribution in [0.15, 0.2) is 29.2 Å². The van der Waals surface area contributed by atoms with Crippen molar-refractivity contribution in [3.8, 4) is 0 Å². The van der Waals surface area contributed by atoms with Crippen molar-refractivity contribution in [2.24, 2.45) is 5.92 Å². The van der Waals surface area contributed by atoms with Crippen molar-refractivity contribution in [1.29, 1.82) is 0 Å². The Morgan fingerprint density at radius 2 is 1.78 bits per heavy atom. The molecule has 0 bridgehead atoms. The summed E-state index contributed by atoms with van der Waals surface area (Å²) in [6.45, 7) is 7.34. The first-order chi connectivity index (χ1) is 12.8. The Hall–Kier alpha value is -1.93. The number of rotatable bonds is 7. The maximum Gasteiger partial charge on any atom is 0.309 e. The summed E-state index contributed by atoms with van der Waals surface area (Å²) in [5, 5.41) is 0. The molecule has 0 atom stereocenters. The molecule has 0 spiro atoms. The van der Waals surface area contributed by atoms with Crippen molar-refractivity contribution in [3.63, 3.8) is 0 Å². The Kier molecular flexibility index (Phi) is 7.38. The fraction of sp³-hybridized carbons (Fsp3) is 0.579. The maximum atomic E-state index is 12.8. The van der Waals surface area contributed by atoms with Gasteiger partial charge in [-0.25, -0.2) is 8.42 Å². The lowest BCUT2D eigenvalue weighted by Crippen LogP contribution is -2.40. The Balaban J connectivity index is 2.11. The molecule has 0 aliphatic carbocycles. The Labute approximate surface area is 161 Å². The monoisotopic (exact) mass is 396 g/mol. The molecule has 150 valence electrons. The van der Waals surface area contributed by atoms with E-state index in [1.807, 2.05) is 0 Å². The molecule has 0 N–H and O–H groups in total. The predicted octanol–water partition coefficient (Wildman–Crippen LogP) is 2.13. The summed E-state index contributed by atoms with van der Waals surface area (Å²) in [6.07, 6.45) is 1.12. The van der Waals surface area contributed by atoms with Gasteiger partial charge in [-0.1, -0.05) is 19.9 Å². The van der Waals surface area contributed by atoms with Crippen LogP contribution in [-0.2, 0) is 19.6 Å². The highest BCUT2D eigenvalue weighted by Crippen LogP contribution is 2.22. The lowest BCUT2D eigenvalue weighted by molar-refractivity contribution is -0.149. The Bertz CT molecular complexity index is 766. The standard InChI is InChI=1S/C19H28N2O5S/c1-4-21(5-2)27(24,25)17-9-7-8-16(14-17)18(22)20-12-10-15(11-13-20)19(23)26-6-3/h7-9,14-15H,4-6,10-13H2,1-3H3. The second kappa shape index (κ2) is 9.32. The molecule has 1 amide bonds. The average molecular weight is 397 g/mol. The highest BCUT2D eigenvalue weighted by molar-refractivity contribution is 7.89. The number of sulfonamides is 1. The number of benzene rings is 1. The molecule has 0 unspecified atom stereocenters. The first-order valence-corrected chi connectivity index (χ1v) is 10.8. The molecule has 1 aliphatic heterocycles. The van der Waals surface area contributed by atoms with Gasteiger partial charge < -0.3 is 9.64 Å². The predicted molar refractivity (Wildman–Crippen MR) is 102 cm³/mol. The Morgan fingerprint density at radius 1 is 1.15 bits per heavy atom. The summed E-state index contributed by atoms with van der Waals surface area (Å²) in [6, 6.07) is 6.17. The van der Waals surface area contributed by atoms with Gasteiger partial charge in [0.1, 0.15) is 0 Å². The van der Waals surface area contributed by atoms with E-state index < -0.39 is 10.0 Å². The van der Waals surface area contributed by atoms with Crippen LogP contribution in [0.2, 0.25) is 0 Å². The van der Waals surface area contributed by atoms with Gasteiger partial charge in [0.2, 0.25) is 10.0 Å². The molecule has 7 nitrogen and oxygen atoms in total. The van der Waals surface area contributed by atoms with E-state index in [9.17, 15) is 18.0 Å². The van der Waals surface area contributed by atoms with E-state index in [1.54, 1.807) is 37.8 Å². The molecular formula is C19H28N2O5S. The van der Waals surface area contributed by atoms with E-state index in [0.717, 1.165) is 0 Å².